The molecule has 0 saturated heterocycles. The van der Waals surface area contributed by atoms with E-state index in [0.717, 1.165) is 24.6 Å². The molecule has 98 valence electrons. The molecular formula is C13H21N5. The Kier molecular flexibility index (Phi) is 3.81. The highest BCUT2D eigenvalue weighted by molar-refractivity contribution is 5.09. The van der Waals surface area contributed by atoms with Gasteiger partial charge >= 0.3 is 0 Å². The number of imidazole rings is 1. The van der Waals surface area contributed by atoms with Gasteiger partial charge in [-0.1, -0.05) is 13.8 Å². The summed E-state index contributed by atoms with van der Waals surface area (Å²) < 4.78 is 4.03. The van der Waals surface area contributed by atoms with Crippen LogP contribution in [-0.4, -0.2) is 25.4 Å². The fourth-order valence-corrected chi connectivity index (χ4v) is 1.89. The summed E-state index contributed by atoms with van der Waals surface area (Å²) in [5.41, 5.74) is 2.26. The average Bonchev–Trinajstić information content (AvgIpc) is 2.85. The number of aryl methyl sites for hydroxylation is 2. The molecule has 0 bridgehead atoms. The molecule has 0 saturated carbocycles. The quantitative estimate of drug-likeness (QED) is 0.870. The third-order valence-electron chi connectivity index (χ3n) is 2.92. The Morgan fingerprint density at radius 3 is 2.78 bits per heavy atom. The molecule has 2 aromatic heterocycles. The van der Waals surface area contributed by atoms with Gasteiger partial charge in [-0.05, 0) is 13.0 Å². The van der Waals surface area contributed by atoms with Crippen LogP contribution < -0.4 is 5.32 Å². The minimum atomic E-state index is 0.475. The zero-order chi connectivity index (χ0) is 13.1. The van der Waals surface area contributed by atoms with Gasteiger partial charge < -0.3 is 9.88 Å². The van der Waals surface area contributed by atoms with E-state index < -0.39 is 0 Å². The highest BCUT2D eigenvalue weighted by Gasteiger charge is 2.08. The lowest BCUT2D eigenvalue weighted by Gasteiger charge is -2.11. The summed E-state index contributed by atoms with van der Waals surface area (Å²) in [4.78, 5) is 4.39. The van der Waals surface area contributed by atoms with Gasteiger partial charge in [0.2, 0.25) is 0 Å². The smallest absolute Gasteiger partial charge is 0.106 e. The van der Waals surface area contributed by atoms with Crippen LogP contribution in [0, 0.1) is 6.92 Å². The lowest BCUT2D eigenvalue weighted by atomic mass is 10.3. The zero-order valence-corrected chi connectivity index (χ0v) is 11.5. The standard InChI is InChI=1S/C13H21N5/c1-10(2)14-7-13-8-15-11(3)18(13)9-12-5-6-17(4)16-12/h5-6,8,10,14H,7,9H2,1-4H3. The minimum Gasteiger partial charge on any atom is -0.325 e. The van der Waals surface area contributed by atoms with Crippen molar-refractivity contribution >= 4 is 0 Å². The maximum absolute atomic E-state index is 4.41. The Morgan fingerprint density at radius 1 is 1.39 bits per heavy atom. The Labute approximate surface area is 108 Å². The third-order valence-corrected chi connectivity index (χ3v) is 2.92. The van der Waals surface area contributed by atoms with Crippen LogP contribution in [0.15, 0.2) is 18.5 Å². The van der Waals surface area contributed by atoms with Gasteiger partial charge in [0, 0.05) is 32.0 Å². The lowest BCUT2D eigenvalue weighted by molar-refractivity contribution is 0.559. The van der Waals surface area contributed by atoms with Crippen molar-refractivity contribution in [2.24, 2.45) is 7.05 Å². The van der Waals surface area contributed by atoms with Crippen molar-refractivity contribution in [2.45, 2.75) is 39.9 Å². The van der Waals surface area contributed by atoms with E-state index in [2.05, 4.69) is 33.8 Å². The first-order valence-electron chi connectivity index (χ1n) is 6.29. The van der Waals surface area contributed by atoms with Gasteiger partial charge in [0.1, 0.15) is 5.82 Å². The van der Waals surface area contributed by atoms with E-state index in [1.807, 2.05) is 37.1 Å². The fourth-order valence-electron chi connectivity index (χ4n) is 1.89. The van der Waals surface area contributed by atoms with Gasteiger partial charge in [0.05, 0.1) is 17.9 Å². The molecule has 0 spiro atoms. The van der Waals surface area contributed by atoms with E-state index in [0.29, 0.717) is 6.04 Å². The SMILES string of the molecule is Cc1ncc(CNC(C)C)n1Cc1ccn(C)n1. The van der Waals surface area contributed by atoms with Gasteiger partial charge in [-0.25, -0.2) is 4.98 Å². The van der Waals surface area contributed by atoms with Crippen molar-refractivity contribution in [1.82, 2.24) is 24.6 Å². The fraction of sp³-hybridized carbons (Fsp3) is 0.538. The van der Waals surface area contributed by atoms with Crippen LogP contribution in [0.2, 0.25) is 0 Å². The second-order valence-corrected chi connectivity index (χ2v) is 4.90. The third kappa shape index (κ3) is 2.98. The molecule has 0 atom stereocenters. The van der Waals surface area contributed by atoms with E-state index in [-0.39, 0.29) is 0 Å². The molecule has 0 radical (unpaired) electrons. The Hall–Kier alpha value is -1.62. The van der Waals surface area contributed by atoms with Crippen molar-refractivity contribution in [3.05, 3.63) is 35.7 Å². The van der Waals surface area contributed by atoms with Crippen molar-refractivity contribution in [2.75, 3.05) is 0 Å². The van der Waals surface area contributed by atoms with Crippen LogP contribution in [0.4, 0.5) is 0 Å². The average molecular weight is 247 g/mol. The molecule has 5 heteroatoms. The maximum atomic E-state index is 4.41. The monoisotopic (exact) mass is 247 g/mol. The second-order valence-electron chi connectivity index (χ2n) is 4.90. The maximum Gasteiger partial charge on any atom is 0.106 e. The number of rotatable bonds is 5. The van der Waals surface area contributed by atoms with Crippen molar-refractivity contribution in [3.63, 3.8) is 0 Å². The van der Waals surface area contributed by atoms with Crippen molar-refractivity contribution in [1.29, 1.82) is 0 Å². The molecule has 2 heterocycles. The van der Waals surface area contributed by atoms with E-state index >= 15 is 0 Å². The van der Waals surface area contributed by atoms with Crippen LogP contribution in [-0.2, 0) is 20.1 Å². The summed E-state index contributed by atoms with van der Waals surface area (Å²) >= 11 is 0. The molecule has 0 unspecified atom stereocenters. The Morgan fingerprint density at radius 2 is 2.17 bits per heavy atom. The molecule has 0 aliphatic carbocycles. The molecule has 2 aromatic rings. The molecule has 0 aromatic carbocycles. The predicted octanol–water partition coefficient (Wildman–Crippen LogP) is 1.47. The largest absolute Gasteiger partial charge is 0.325 e. The van der Waals surface area contributed by atoms with Crippen LogP contribution in [0.3, 0.4) is 0 Å². The van der Waals surface area contributed by atoms with E-state index in [4.69, 9.17) is 0 Å². The van der Waals surface area contributed by atoms with Gasteiger partial charge in [-0.2, -0.15) is 5.10 Å². The summed E-state index contributed by atoms with van der Waals surface area (Å²) in [5.74, 6) is 1.03. The number of aromatic nitrogens is 4. The number of nitrogens with zero attached hydrogens (tertiary/aromatic N) is 4. The highest BCUT2D eigenvalue weighted by atomic mass is 15.3. The predicted molar refractivity (Wildman–Crippen MR) is 71.2 cm³/mol. The van der Waals surface area contributed by atoms with E-state index in [9.17, 15) is 0 Å². The first-order chi connectivity index (χ1) is 8.56. The summed E-state index contributed by atoms with van der Waals surface area (Å²) in [6.07, 6.45) is 3.90. The second kappa shape index (κ2) is 5.35. The van der Waals surface area contributed by atoms with Crippen LogP contribution in [0.5, 0.6) is 0 Å². The summed E-state index contributed by atoms with van der Waals surface area (Å²) in [6.45, 7) is 7.94. The number of nitrogens with one attached hydrogen (secondary N) is 1. The summed E-state index contributed by atoms with van der Waals surface area (Å²) in [6, 6.07) is 2.52. The van der Waals surface area contributed by atoms with Crippen molar-refractivity contribution < 1.29 is 0 Å². The van der Waals surface area contributed by atoms with Crippen LogP contribution in [0.25, 0.3) is 0 Å². The topological polar surface area (TPSA) is 47.7 Å². The normalized spacial score (nSPS) is 11.4. The summed E-state index contributed by atoms with van der Waals surface area (Å²) in [5, 5.41) is 7.83. The molecule has 0 aliphatic rings. The molecule has 0 fully saturated rings. The minimum absolute atomic E-state index is 0.475. The van der Waals surface area contributed by atoms with Crippen LogP contribution in [0.1, 0.15) is 31.1 Å². The molecule has 1 N–H and O–H groups in total. The lowest BCUT2D eigenvalue weighted by Crippen LogP contribution is -2.23. The first kappa shape index (κ1) is 12.8. The van der Waals surface area contributed by atoms with Gasteiger partial charge in [-0.15, -0.1) is 0 Å². The molecule has 0 aliphatic heterocycles. The number of hydrogen-bond acceptors (Lipinski definition) is 3. The first-order valence-corrected chi connectivity index (χ1v) is 6.29. The Bertz CT molecular complexity index is 509. The molecule has 0 amide bonds. The van der Waals surface area contributed by atoms with Gasteiger partial charge in [0.25, 0.3) is 0 Å². The highest BCUT2D eigenvalue weighted by Crippen LogP contribution is 2.08. The number of hydrogen-bond donors (Lipinski definition) is 1. The van der Waals surface area contributed by atoms with E-state index in [1.165, 1.54) is 5.69 Å². The molecule has 2 rings (SSSR count). The van der Waals surface area contributed by atoms with Gasteiger partial charge in [0.15, 0.2) is 0 Å². The van der Waals surface area contributed by atoms with Gasteiger partial charge in [-0.3, -0.25) is 4.68 Å². The molecular weight excluding hydrogens is 226 g/mol. The summed E-state index contributed by atoms with van der Waals surface area (Å²) in [7, 11) is 1.94. The molecule has 5 nitrogen and oxygen atoms in total. The van der Waals surface area contributed by atoms with E-state index in [1.54, 1.807) is 0 Å². The Balaban J connectivity index is 2.13. The molecule has 18 heavy (non-hydrogen) atoms. The van der Waals surface area contributed by atoms with Crippen molar-refractivity contribution in [3.8, 4) is 0 Å². The van der Waals surface area contributed by atoms with Crippen LogP contribution >= 0.6 is 0 Å². The zero-order valence-electron chi connectivity index (χ0n) is 11.5.